The van der Waals surface area contributed by atoms with Gasteiger partial charge in [0.2, 0.25) is 0 Å². The Hall–Kier alpha value is -4.05. The van der Waals surface area contributed by atoms with E-state index in [2.05, 4.69) is 4.98 Å². The van der Waals surface area contributed by atoms with Gasteiger partial charge in [0.25, 0.3) is 11.8 Å². The van der Waals surface area contributed by atoms with Crippen LogP contribution in [0.3, 0.4) is 0 Å². The number of hydrogen-bond acceptors (Lipinski definition) is 9. The zero-order chi connectivity index (χ0) is 29.4. The van der Waals surface area contributed by atoms with Crippen molar-refractivity contribution in [2.24, 2.45) is 0 Å². The molecule has 12 nitrogen and oxygen atoms in total. The number of imidazole rings is 1. The first-order valence-electron chi connectivity index (χ1n) is 11.8. The molecule has 216 valence electrons. The fourth-order valence-corrected chi connectivity index (χ4v) is 3.79. The number of halogens is 3. The highest BCUT2D eigenvalue weighted by molar-refractivity contribution is 6.21. The number of imide groups is 1. The molecule has 1 aromatic heterocycles. The molecule has 0 spiro atoms. The van der Waals surface area contributed by atoms with E-state index in [0.29, 0.717) is 40.3 Å². The molecule has 1 aliphatic rings. The number of hydrogen-bond donors (Lipinski definition) is 4. The van der Waals surface area contributed by atoms with Gasteiger partial charge in [-0.15, -0.1) is 0 Å². The predicted octanol–water partition coefficient (Wildman–Crippen LogP) is 1.21. The second kappa shape index (κ2) is 13.3. The number of carbonyl (C=O) groups excluding carboxylic acids is 2. The zero-order valence-electron chi connectivity index (χ0n) is 20.9. The fraction of sp³-hybridized carbons (Fsp3) is 0.360. The van der Waals surface area contributed by atoms with Gasteiger partial charge in [0, 0.05) is 6.54 Å². The Kier molecular flexibility index (Phi) is 10.2. The van der Waals surface area contributed by atoms with Crippen LogP contribution in [0.2, 0.25) is 0 Å². The van der Waals surface area contributed by atoms with Crippen LogP contribution in [-0.4, -0.2) is 98.0 Å². The molecule has 3 aromatic rings. The van der Waals surface area contributed by atoms with Gasteiger partial charge >= 0.3 is 12.1 Å². The number of aromatic nitrogens is 2. The van der Waals surface area contributed by atoms with Gasteiger partial charge in [-0.05, 0) is 24.3 Å². The third kappa shape index (κ3) is 6.93. The van der Waals surface area contributed by atoms with Crippen molar-refractivity contribution in [3.8, 4) is 5.75 Å². The highest BCUT2D eigenvalue weighted by atomic mass is 19.4. The van der Waals surface area contributed by atoms with E-state index < -0.39 is 18.2 Å². The summed E-state index contributed by atoms with van der Waals surface area (Å²) in [5, 5.41) is 34.9. The summed E-state index contributed by atoms with van der Waals surface area (Å²) in [6, 6.07) is 11.9. The first-order chi connectivity index (χ1) is 19.0. The summed E-state index contributed by atoms with van der Waals surface area (Å²) in [5.74, 6) is -2.72. The van der Waals surface area contributed by atoms with Crippen molar-refractivity contribution < 1.29 is 57.5 Å². The van der Waals surface area contributed by atoms with Crippen LogP contribution in [0.5, 0.6) is 5.75 Å². The molecule has 0 radical (unpaired) electrons. The molecule has 2 aromatic carbocycles. The summed E-state index contributed by atoms with van der Waals surface area (Å²) in [5.41, 5.74) is 1.86. The lowest BCUT2D eigenvalue weighted by Gasteiger charge is -2.15. The number of ether oxygens (including phenoxy) is 2. The number of para-hydroxylation sites is 1. The Labute approximate surface area is 224 Å². The SMILES string of the molecule is O=C(O)C(F)(F)F.O=C1c2ccccc2C(=O)N1Cc1nc2c(OC(CO)CO)cccc2n1CCOCCO. The summed E-state index contributed by atoms with van der Waals surface area (Å²) in [6.07, 6.45) is -5.90. The molecule has 0 bridgehead atoms. The number of carboxylic acids is 1. The molecule has 0 fully saturated rings. The molecule has 0 aliphatic carbocycles. The van der Waals surface area contributed by atoms with Crippen LogP contribution >= 0.6 is 0 Å². The number of rotatable bonds is 11. The highest BCUT2D eigenvalue weighted by Gasteiger charge is 2.38. The normalized spacial score (nSPS) is 13.0. The lowest BCUT2D eigenvalue weighted by molar-refractivity contribution is -0.192. The van der Waals surface area contributed by atoms with E-state index in [1.54, 1.807) is 36.4 Å². The molecular weight excluding hydrogens is 543 g/mol. The van der Waals surface area contributed by atoms with Crippen LogP contribution in [-0.2, 0) is 22.6 Å². The average Bonchev–Trinajstić information content (AvgIpc) is 3.40. The lowest BCUT2D eigenvalue weighted by atomic mass is 10.1. The summed E-state index contributed by atoms with van der Waals surface area (Å²) in [4.78, 5) is 40.4. The topological polar surface area (TPSA) is 172 Å². The quantitative estimate of drug-likeness (QED) is 0.194. The smallest absolute Gasteiger partial charge is 0.483 e. The number of amides is 2. The van der Waals surface area contributed by atoms with Crippen molar-refractivity contribution in [3.05, 3.63) is 59.4 Å². The van der Waals surface area contributed by atoms with Gasteiger partial charge in [0.15, 0.2) is 0 Å². The van der Waals surface area contributed by atoms with E-state index in [1.165, 1.54) is 0 Å². The Morgan fingerprint density at radius 2 is 1.55 bits per heavy atom. The molecule has 2 amide bonds. The number of aliphatic hydroxyl groups excluding tert-OH is 3. The minimum Gasteiger partial charge on any atom is -0.483 e. The van der Waals surface area contributed by atoms with Crippen LogP contribution in [0, 0.1) is 0 Å². The van der Waals surface area contributed by atoms with Crippen molar-refractivity contribution in [2.45, 2.75) is 25.4 Å². The first-order valence-corrected chi connectivity index (χ1v) is 11.8. The van der Waals surface area contributed by atoms with Crippen molar-refractivity contribution in [1.29, 1.82) is 0 Å². The predicted molar refractivity (Wildman–Crippen MR) is 131 cm³/mol. The summed E-state index contributed by atoms with van der Waals surface area (Å²) >= 11 is 0. The average molecular weight is 569 g/mol. The van der Waals surface area contributed by atoms with E-state index in [0.717, 1.165) is 4.90 Å². The summed E-state index contributed by atoms with van der Waals surface area (Å²) in [6.45, 7) is -0.0689. The van der Waals surface area contributed by atoms with Crippen molar-refractivity contribution in [1.82, 2.24) is 14.5 Å². The minimum atomic E-state index is -5.08. The maximum absolute atomic E-state index is 12.9. The lowest BCUT2D eigenvalue weighted by Crippen LogP contribution is -2.30. The second-order valence-corrected chi connectivity index (χ2v) is 8.29. The molecule has 15 heteroatoms. The maximum atomic E-state index is 12.9. The van der Waals surface area contributed by atoms with Gasteiger partial charge in [0.1, 0.15) is 23.2 Å². The van der Waals surface area contributed by atoms with Gasteiger partial charge in [-0.1, -0.05) is 18.2 Å². The van der Waals surface area contributed by atoms with E-state index in [9.17, 15) is 33.0 Å². The van der Waals surface area contributed by atoms with E-state index >= 15 is 0 Å². The fourth-order valence-electron chi connectivity index (χ4n) is 3.79. The number of fused-ring (bicyclic) bond motifs is 2. The third-order valence-electron chi connectivity index (χ3n) is 5.64. The van der Waals surface area contributed by atoms with Gasteiger partial charge in [-0.2, -0.15) is 13.2 Å². The number of aliphatic carboxylic acids is 1. The number of nitrogens with zero attached hydrogens (tertiary/aromatic N) is 3. The Bertz CT molecular complexity index is 1320. The Balaban J connectivity index is 0.000000559. The van der Waals surface area contributed by atoms with E-state index in [4.69, 9.17) is 24.5 Å². The van der Waals surface area contributed by atoms with Crippen LogP contribution in [0.1, 0.15) is 26.5 Å². The molecule has 1 aliphatic heterocycles. The van der Waals surface area contributed by atoms with Crippen LogP contribution < -0.4 is 4.74 Å². The molecule has 2 heterocycles. The van der Waals surface area contributed by atoms with Crippen molar-refractivity contribution >= 4 is 28.8 Å². The Morgan fingerprint density at radius 3 is 2.08 bits per heavy atom. The van der Waals surface area contributed by atoms with Gasteiger partial charge < -0.3 is 34.5 Å². The summed E-state index contributed by atoms with van der Waals surface area (Å²) < 4.78 is 44.7. The van der Waals surface area contributed by atoms with Crippen LogP contribution in [0.15, 0.2) is 42.5 Å². The van der Waals surface area contributed by atoms with E-state index in [-0.39, 0.29) is 51.4 Å². The number of aliphatic hydroxyl groups is 3. The number of carbonyl (C=O) groups is 3. The molecule has 40 heavy (non-hydrogen) atoms. The largest absolute Gasteiger partial charge is 0.490 e. The van der Waals surface area contributed by atoms with Crippen LogP contribution in [0.25, 0.3) is 11.0 Å². The van der Waals surface area contributed by atoms with Gasteiger partial charge in [0.05, 0.1) is 56.2 Å². The Morgan fingerprint density at radius 1 is 0.950 bits per heavy atom. The maximum Gasteiger partial charge on any atom is 0.490 e. The monoisotopic (exact) mass is 569 g/mol. The number of benzene rings is 2. The first kappa shape index (κ1) is 30.5. The molecule has 0 unspecified atom stereocenters. The highest BCUT2D eigenvalue weighted by Crippen LogP contribution is 2.29. The minimum absolute atomic E-state index is 0.0517. The molecule has 4 N–H and O–H groups in total. The molecular formula is C25H26F3N3O9. The standard InChI is InChI=1S/C23H25N3O7.C2HF3O2/c27-9-11-32-10-8-25-18-6-3-7-19(33-15(13-28)14-29)21(18)24-20(25)12-26-22(30)16-4-1-2-5-17(16)23(26)31;3-2(4,5)1(6)7/h1-7,15,27-29H,8-14H2;(H,6,7). The molecule has 0 saturated carbocycles. The van der Waals surface area contributed by atoms with Crippen molar-refractivity contribution in [3.63, 3.8) is 0 Å². The second-order valence-electron chi connectivity index (χ2n) is 8.29. The molecule has 0 atom stereocenters. The molecule has 4 rings (SSSR count). The van der Waals surface area contributed by atoms with Gasteiger partial charge in [-0.25, -0.2) is 9.78 Å². The summed E-state index contributed by atoms with van der Waals surface area (Å²) in [7, 11) is 0. The van der Waals surface area contributed by atoms with E-state index in [1.807, 2.05) is 10.6 Å². The number of carboxylic acid groups (broad SMARTS) is 1. The number of alkyl halides is 3. The third-order valence-corrected chi connectivity index (χ3v) is 5.64. The van der Waals surface area contributed by atoms with Gasteiger partial charge in [-0.3, -0.25) is 14.5 Å². The zero-order valence-corrected chi connectivity index (χ0v) is 20.9. The van der Waals surface area contributed by atoms with Crippen molar-refractivity contribution in [2.75, 3.05) is 33.0 Å². The van der Waals surface area contributed by atoms with Crippen LogP contribution in [0.4, 0.5) is 13.2 Å². The molecule has 0 saturated heterocycles.